The number of allylic oxidation sites excluding steroid dienone is 4. The van der Waals surface area contributed by atoms with Gasteiger partial charge in [0.2, 0.25) is 0 Å². The molecule has 8 nitrogen and oxygen atoms in total. The van der Waals surface area contributed by atoms with Crippen LogP contribution in [0.1, 0.15) is 10.4 Å². The number of hydrogen-bond donors (Lipinski definition) is 0. The summed E-state index contributed by atoms with van der Waals surface area (Å²) in [6, 6.07) is 14.3. The number of rotatable bonds is 6. The second kappa shape index (κ2) is 8.98. The van der Waals surface area contributed by atoms with Crippen molar-refractivity contribution in [1.82, 2.24) is 0 Å². The van der Waals surface area contributed by atoms with Crippen LogP contribution in [0.2, 0.25) is 0 Å². The zero-order valence-corrected chi connectivity index (χ0v) is 16.1. The van der Waals surface area contributed by atoms with Gasteiger partial charge < -0.3 is 9.57 Å². The lowest BCUT2D eigenvalue weighted by Gasteiger charge is -2.06. The number of oxime groups is 2. The molecule has 0 bridgehead atoms. The molecule has 1 aliphatic rings. The van der Waals surface area contributed by atoms with Gasteiger partial charge >= 0.3 is 16.1 Å². The molecule has 29 heavy (non-hydrogen) atoms. The van der Waals surface area contributed by atoms with E-state index in [0.29, 0.717) is 11.5 Å². The van der Waals surface area contributed by atoms with E-state index in [4.69, 9.17) is 13.9 Å². The molecule has 0 unspecified atom stereocenters. The molecular weight excluding hydrogens is 396 g/mol. The van der Waals surface area contributed by atoms with Gasteiger partial charge in [-0.25, -0.2) is 4.79 Å². The molecule has 148 valence electrons. The van der Waals surface area contributed by atoms with E-state index in [1.165, 1.54) is 43.5 Å². The third kappa shape index (κ3) is 5.17. The summed E-state index contributed by atoms with van der Waals surface area (Å²) in [5.41, 5.74) is 0.822. The Hall–Kier alpha value is -3.72. The Morgan fingerprint density at radius 2 is 1.41 bits per heavy atom. The fraction of sp³-hybridized carbons (Fsp3) is 0.0500. The Morgan fingerprint density at radius 1 is 0.828 bits per heavy atom. The first-order chi connectivity index (χ1) is 14.0. The van der Waals surface area contributed by atoms with Gasteiger partial charge in [0.1, 0.15) is 27.6 Å². The number of carbonyl (C=O) groups is 1. The van der Waals surface area contributed by atoms with Crippen LogP contribution in [0, 0.1) is 0 Å². The molecule has 0 aromatic heterocycles. The predicted octanol–water partition coefficient (Wildman–Crippen LogP) is 3.10. The standard InChI is InChI=1S/C20H16N2O6S/c1-26-19-10-6-5-9-18(19)20(23)27-21-15-11-13-16(14-12-15)22-28-29(24,25)17-7-3-2-4-8-17/h2-14H,1H3. The molecule has 0 fully saturated rings. The maximum absolute atomic E-state index is 12.1. The second-order valence-corrected chi connectivity index (χ2v) is 7.15. The summed E-state index contributed by atoms with van der Waals surface area (Å²) in [5.74, 6) is -0.299. The van der Waals surface area contributed by atoms with E-state index >= 15 is 0 Å². The summed E-state index contributed by atoms with van der Waals surface area (Å²) in [6.45, 7) is 0. The Labute approximate surface area is 167 Å². The number of carbonyl (C=O) groups excluding carboxylic acids is 1. The SMILES string of the molecule is COc1ccccc1C(=O)ON=C1C=CC(=NOS(=O)(=O)c2ccccc2)C=C1. The number of ether oxygens (including phenoxy) is 1. The van der Waals surface area contributed by atoms with E-state index < -0.39 is 16.1 Å². The fourth-order valence-electron chi connectivity index (χ4n) is 2.25. The largest absolute Gasteiger partial charge is 0.496 e. The minimum Gasteiger partial charge on any atom is -0.496 e. The highest BCUT2D eigenvalue weighted by Crippen LogP contribution is 2.18. The lowest BCUT2D eigenvalue weighted by molar-refractivity contribution is 0.0513. The molecule has 0 radical (unpaired) electrons. The first kappa shape index (κ1) is 20.0. The average molecular weight is 412 g/mol. The zero-order chi connectivity index (χ0) is 20.7. The smallest absolute Gasteiger partial charge is 0.369 e. The van der Waals surface area contributed by atoms with Gasteiger partial charge in [0, 0.05) is 0 Å². The molecule has 2 aromatic rings. The maximum Gasteiger partial charge on any atom is 0.369 e. The van der Waals surface area contributed by atoms with Crippen molar-refractivity contribution >= 4 is 27.5 Å². The van der Waals surface area contributed by atoms with Gasteiger partial charge in [-0.05, 0) is 48.6 Å². The summed E-state index contributed by atoms with van der Waals surface area (Å²) < 4.78 is 33.9. The normalized spacial score (nSPS) is 13.0. The lowest BCUT2D eigenvalue weighted by Crippen LogP contribution is -2.07. The number of methoxy groups -OCH3 is 1. The van der Waals surface area contributed by atoms with E-state index in [1.54, 1.807) is 42.5 Å². The Bertz CT molecular complexity index is 1100. The molecule has 3 rings (SSSR count). The minimum absolute atomic E-state index is 0.00128. The number of nitrogens with zero attached hydrogens (tertiary/aromatic N) is 2. The molecule has 0 N–H and O–H groups in total. The number of para-hydroxylation sites is 1. The van der Waals surface area contributed by atoms with Crippen LogP contribution >= 0.6 is 0 Å². The average Bonchev–Trinajstić information content (AvgIpc) is 2.77. The molecule has 0 aliphatic heterocycles. The van der Waals surface area contributed by atoms with Crippen LogP contribution in [-0.4, -0.2) is 32.9 Å². The highest BCUT2D eigenvalue weighted by atomic mass is 32.2. The molecule has 1 aliphatic carbocycles. The second-order valence-electron chi connectivity index (χ2n) is 5.62. The molecular formula is C20H16N2O6S. The molecule has 0 saturated carbocycles. The summed E-state index contributed by atoms with van der Waals surface area (Å²) >= 11 is 0. The van der Waals surface area contributed by atoms with Gasteiger partial charge in [0.15, 0.2) is 0 Å². The van der Waals surface area contributed by atoms with Crippen molar-refractivity contribution in [1.29, 1.82) is 0 Å². The van der Waals surface area contributed by atoms with Gasteiger partial charge in [-0.1, -0.05) is 40.6 Å². The third-order valence-corrected chi connectivity index (χ3v) is 4.80. The molecule has 0 atom stereocenters. The van der Waals surface area contributed by atoms with E-state index in [2.05, 4.69) is 10.3 Å². The summed E-state index contributed by atoms with van der Waals surface area (Å²) in [5, 5.41) is 7.36. The Kier molecular flexibility index (Phi) is 6.20. The van der Waals surface area contributed by atoms with Crippen LogP contribution in [0.4, 0.5) is 0 Å². The molecule has 0 saturated heterocycles. The number of benzene rings is 2. The summed E-state index contributed by atoms with van der Waals surface area (Å²) in [6.07, 6.45) is 5.92. The minimum atomic E-state index is -4.00. The topological polar surface area (TPSA) is 104 Å². The summed E-state index contributed by atoms with van der Waals surface area (Å²) in [7, 11) is -2.55. The molecule has 9 heteroatoms. The Balaban J connectivity index is 1.62. The summed E-state index contributed by atoms with van der Waals surface area (Å²) in [4.78, 5) is 17.0. The van der Waals surface area contributed by atoms with Gasteiger partial charge in [0.05, 0.1) is 7.11 Å². The highest BCUT2D eigenvalue weighted by molar-refractivity contribution is 7.86. The lowest BCUT2D eigenvalue weighted by atomic mass is 10.1. The van der Waals surface area contributed by atoms with E-state index in [1.807, 2.05) is 0 Å². The Morgan fingerprint density at radius 3 is 2.07 bits per heavy atom. The first-order valence-corrected chi connectivity index (χ1v) is 9.75. The van der Waals surface area contributed by atoms with Crippen molar-refractivity contribution in [3.05, 3.63) is 84.5 Å². The van der Waals surface area contributed by atoms with Crippen molar-refractivity contribution in [2.45, 2.75) is 4.90 Å². The first-order valence-electron chi connectivity index (χ1n) is 8.35. The quantitative estimate of drug-likeness (QED) is 0.410. The van der Waals surface area contributed by atoms with Gasteiger partial charge in [-0.2, -0.15) is 8.42 Å². The van der Waals surface area contributed by atoms with Crippen LogP contribution < -0.4 is 4.74 Å². The molecule has 0 spiro atoms. The monoisotopic (exact) mass is 412 g/mol. The maximum atomic E-state index is 12.1. The molecule has 2 aromatic carbocycles. The van der Waals surface area contributed by atoms with Crippen molar-refractivity contribution in [2.75, 3.05) is 7.11 Å². The molecule has 0 heterocycles. The van der Waals surface area contributed by atoms with E-state index in [0.717, 1.165) is 0 Å². The van der Waals surface area contributed by atoms with Crippen LogP contribution in [0.5, 0.6) is 5.75 Å². The van der Waals surface area contributed by atoms with Gasteiger partial charge in [0.25, 0.3) is 0 Å². The van der Waals surface area contributed by atoms with Crippen molar-refractivity contribution in [2.24, 2.45) is 10.3 Å². The van der Waals surface area contributed by atoms with Crippen LogP contribution in [0.15, 0.2) is 94.1 Å². The highest BCUT2D eigenvalue weighted by Gasteiger charge is 2.16. The van der Waals surface area contributed by atoms with Crippen LogP contribution in [0.25, 0.3) is 0 Å². The van der Waals surface area contributed by atoms with Crippen molar-refractivity contribution in [3.63, 3.8) is 0 Å². The van der Waals surface area contributed by atoms with Crippen molar-refractivity contribution in [3.8, 4) is 5.75 Å². The fourth-order valence-corrected chi connectivity index (χ4v) is 3.01. The van der Waals surface area contributed by atoms with Gasteiger partial charge in [-0.15, -0.1) is 0 Å². The zero-order valence-electron chi connectivity index (χ0n) is 15.3. The van der Waals surface area contributed by atoms with E-state index in [-0.39, 0.29) is 16.2 Å². The molecule has 0 amide bonds. The third-order valence-electron chi connectivity index (χ3n) is 3.68. The number of hydrogen-bond acceptors (Lipinski definition) is 8. The van der Waals surface area contributed by atoms with Crippen LogP contribution in [-0.2, 0) is 19.2 Å². The van der Waals surface area contributed by atoms with Gasteiger partial charge in [-0.3, -0.25) is 4.28 Å². The van der Waals surface area contributed by atoms with Crippen molar-refractivity contribution < 1.29 is 27.1 Å². The predicted molar refractivity (Wildman–Crippen MR) is 106 cm³/mol. The van der Waals surface area contributed by atoms with E-state index in [9.17, 15) is 13.2 Å². The van der Waals surface area contributed by atoms with Crippen LogP contribution in [0.3, 0.4) is 0 Å².